The van der Waals surface area contributed by atoms with Crippen LogP contribution in [0.4, 0.5) is 10.5 Å². The molecule has 0 aliphatic carbocycles. The fourth-order valence-corrected chi connectivity index (χ4v) is 3.27. The van der Waals surface area contributed by atoms with Crippen LogP contribution in [0, 0.1) is 0 Å². The van der Waals surface area contributed by atoms with Gasteiger partial charge in [-0.05, 0) is 49.1 Å². The van der Waals surface area contributed by atoms with Crippen molar-refractivity contribution in [1.29, 1.82) is 0 Å². The number of nitrogens with one attached hydrogen (secondary N) is 1. The Morgan fingerprint density at radius 2 is 1.75 bits per heavy atom. The van der Waals surface area contributed by atoms with E-state index in [4.69, 9.17) is 4.18 Å². The Hall–Kier alpha value is -2.54. The van der Waals surface area contributed by atoms with Crippen molar-refractivity contribution in [2.75, 3.05) is 11.6 Å². The highest BCUT2D eigenvalue weighted by Gasteiger charge is 2.20. The number of hydrogen-bond acceptors (Lipinski definition) is 4. The quantitative estimate of drug-likeness (QED) is 0.661. The Bertz CT molecular complexity index is 895. The largest absolute Gasteiger partial charge is 0.383 e. The molecule has 6 nitrogen and oxygen atoms in total. The monoisotopic (exact) mass is 404 g/mol. The van der Waals surface area contributed by atoms with Crippen LogP contribution in [-0.2, 0) is 23.1 Å². The van der Waals surface area contributed by atoms with Gasteiger partial charge in [-0.3, -0.25) is 0 Å². The number of carbonyl (C=O) groups is 1. The van der Waals surface area contributed by atoms with E-state index in [1.54, 1.807) is 29.2 Å². The third-order valence-electron chi connectivity index (χ3n) is 4.55. The smallest absolute Gasteiger partial charge is 0.322 e. The first-order valence-corrected chi connectivity index (χ1v) is 11.2. The summed E-state index contributed by atoms with van der Waals surface area (Å²) in [6.45, 7) is 6.51. The summed E-state index contributed by atoms with van der Waals surface area (Å²) in [5.41, 5.74) is 2.79. The molecular formula is C21H28N2O4S. The average molecular weight is 405 g/mol. The zero-order valence-corrected chi connectivity index (χ0v) is 17.6. The van der Waals surface area contributed by atoms with Crippen LogP contribution in [0.25, 0.3) is 0 Å². The van der Waals surface area contributed by atoms with E-state index in [9.17, 15) is 13.2 Å². The first-order valence-electron chi connectivity index (χ1n) is 9.37. The number of aryl methyl sites for hydroxylation is 1. The summed E-state index contributed by atoms with van der Waals surface area (Å²) in [6, 6.07) is 14.4. The molecule has 1 N–H and O–H groups in total. The van der Waals surface area contributed by atoms with Crippen molar-refractivity contribution >= 4 is 21.8 Å². The highest BCUT2D eigenvalue weighted by molar-refractivity contribution is 7.86. The highest BCUT2D eigenvalue weighted by atomic mass is 32.2. The van der Waals surface area contributed by atoms with Crippen molar-refractivity contribution in [2.45, 2.75) is 46.2 Å². The molecule has 28 heavy (non-hydrogen) atoms. The molecule has 0 bridgehead atoms. The molecule has 0 fully saturated rings. The van der Waals surface area contributed by atoms with E-state index in [1.165, 1.54) is 0 Å². The molecule has 7 heteroatoms. The first kappa shape index (κ1) is 21.8. The number of anilines is 1. The number of para-hydroxylation sites is 1. The van der Waals surface area contributed by atoms with Gasteiger partial charge in [-0.15, -0.1) is 0 Å². The second-order valence-corrected chi connectivity index (χ2v) is 8.33. The summed E-state index contributed by atoms with van der Waals surface area (Å²) >= 11 is 0. The molecule has 1 unspecified atom stereocenters. The fraction of sp³-hybridized carbons (Fsp3) is 0.381. The SMILES string of the molecule is CCc1ccccc1NC(=O)N(Cc1ccc(OS(C)(=O)=O)cc1)C(C)CC. The van der Waals surface area contributed by atoms with Crippen molar-refractivity contribution in [3.63, 3.8) is 0 Å². The molecule has 2 aromatic carbocycles. The summed E-state index contributed by atoms with van der Waals surface area (Å²) in [6.07, 6.45) is 2.66. The fourth-order valence-electron chi connectivity index (χ4n) is 2.81. The lowest BCUT2D eigenvalue weighted by molar-refractivity contribution is 0.187. The Morgan fingerprint density at radius 3 is 2.32 bits per heavy atom. The van der Waals surface area contributed by atoms with E-state index < -0.39 is 10.1 Å². The van der Waals surface area contributed by atoms with E-state index in [2.05, 4.69) is 12.2 Å². The number of carbonyl (C=O) groups excluding carboxylic acids is 1. The van der Waals surface area contributed by atoms with Crippen LogP contribution < -0.4 is 9.50 Å². The zero-order valence-electron chi connectivity index (χ0n) is 16.8. The lowest BCUT2D eigenvalue weighted by Crippen LogP contribution is -2.40. The minimum atomic E-state index is -3.56. The van der Waals surface area contributed by atoms with Crippen molar-refractivity contribution < 1.29 is 17.4 Å². The molecule has 0 spiro atoms. The number of benzene rings is 2. The van der Waals surface area contributed by atoms with Gasteiger partial charge in [0.25, 0.3) is 0 Å². The number of urea groups is 1. The van der Waals surface area contributed by atoms with Gasteiger partial charge >= 0.3 is 16.1 Å². The molecule has 0 aliphatic heterocycles. The van der Waals surface area contributed by atoms with Gasteiger partial charge in [0.2, 0.25) is 0 Å². The molecule has 1 atom stereocenters. The molecular weight excluding hydrogens is 376 g/mol. The summed E-state index contributed by atoms with van der Waals surface area (Å²) in [5.74, 6) is 0.252. The van der Waals surface area contributed by atoms with E-state index in [1.807, 2.05) is 38.1 Å². The second-order valence-electron chi connectivity index (χ2n) is 6.76. The van der Waals surface area contributed by atoms with Crippen LogP contribution >= 0.6 is 0 Å². The third-order valence-corrected chi connectivity index (χ3v) is 5.04. The van der Waals surface area contributed by atoms with Crippen LogP contribution in [0.2, 0.25) is 0 Å². The Balaban J connectivity index is 2.16. The maximum atomic E-state index is 13.0. The minimum absolute atomic E-state index is 0.0423. The lowest BCUT2D eigenvalue weighted by Gasteiger charge is -2.29. The number of hydrogen-bond donors (Lipinski definition) is 1. The van der Waals surface area contributed by atoms with Crippen molar-refractivity contribution in [3.8, 4) is 5.75 Å². The molecule has 152 valence electrons. The van der Waals surface area contributed by atoms with E-state index in [0.29, 0.717) is 6.54 Å². The minimum Gasteiger partial charge on any atom is -0.383 e. The van der Waals surface area contributed by atoms with Gasteiger partial charge in [0, 0.05) is 18.3 Å². The molecule has 0 radical (unpaired) electrons. The topological polar surface area (TPSA) is 75.7 Å². The van der Waals surface area contributed by atoms with Crippen LogP contribution in [0.3, 0.4) is 0 Å². The molecule has 0 saturated carbocycles. The van der Waals surface area contributed by atoms with Gasteiger partial charge < -0.3 is 14.4 Å². The Kier molecular flexibility index (Phi) is 7.45. The van der Waals surface area contributed by atoms with Crippen molar-refractivity contribution in [3.05, 3.63) is 59.7 Å². The number of amides is 2. The van der Waals surface area contributed by atoms with Crippen molar-refractivity contribution in [1.82, 2.24) is 4.90 Å². The Labute approximate surface area is 167 Å². The molecule has 2 amide bonds. The summed E-state index contributed by atoms with van der Waals surface area (Å²) in [4.78, 5) is 14.7. The Morgan fingerprint density at radius 1 is 1.11 bits per heavy atom. The average Bonchev–Trinajstić information content (AvgIpc) is 2.66. The zero-order chi connectivity index (χ0) is 20.7. The van der Waals surface area contributed by atoms with E-state index >= 15 is 0 Å². The van der Waals surface area contributed by atoms with Gasteiger partial charge in [0.1, 0.15) is 5.75 Å². The predicted molar refractivity (Wildman–Crippen MR) is 112 cm³/mol. The van der Waals surface area contributed by atoms with Crippen LogP contribution in [0.1, 0.15) is 38.3 Å². The standard InChI is InChI=1S/C21H28N2O4S/c1-5-16(3)23(21(24)22-20-10-8-7-9-18(20)6-2)15-17-11-13-19(14-12-17)27-28(4,25)26/h7-14,16H,5-6,15H2,1-4H3,(H,22,24). The maximum Gasteiger partial charge on any atom is 0.322 e. The van der Waals surface area contributed by atoms with Crippen LogP contribution in [0.15, 0.2) is 48.5 Å². The summed E-state index contributed by atoms with van der Waals surface area (Å²) < 4.78 is 27.3. The lowest BCUT2D eigenvalue weighted by atomic mass is 10.1. The molecule has 2 rings (SSSR count). The highest BCUT2D eigenvalue weighted by Crippen LogP contribution is 2.20. The second kappa shape index (κ2) is 9.59. The molecule has 2 aromatic rings. The van der Waals surface area contributed by atoms with Gasteiger partial charge in [0.05, 0.1) is 6.26 Å². The normalized spacial score (nSPS) is 12.3. The summed E-state index contributed by atoms with van der Waals surface area (Å²) in [7, 11) is -3.56. The number of rotatable bonds is 8. The van der Waals surface area contributed by atoms with E-state index in [0.717, 1.165) is 35.9 Å². The summed E-state index contributed by atoms with van der Waals surface area (Å²) in [5, 5.41) is 3.02. The van der Waals surface area contributed by atoms with Gasteiger partial charge in [-0.1, -0.05) is 44.2 Å². The third kappa shape index (κ3) is 6.27. The van der Waals surface area contributed by atoms with Gasteiger partial charge in [-0.2, -0.15) is 8.42 Å². The molecule has 0 saturated heterocycles. The van der Waals surface area contributed by atoms with Gasteiger partial charge in [-0.25, -0.2) is 4.79 Å². The van der Waals surface area contributed by atoms with Crippen LogP contribution in [-0.4, -0.2) is 31.6 Å². The van der Waals surface area contributed by atoms with Gasteiger partial charge in [0.15, 0.2) is 0 Å². The molecule has 0 aromatic heterocycles. The number of nitrogens with zero attached hydrogens (tertiary/aromatic N) is 1. The van der Waals surface area contributed by atoms with E-state index in [-0.39, 0.29) is 17.8 Å². The predicted octanol–water partition coefficient (Wildman–Crippen LogP) is 4.42. The molecule has 0 aliphatic rings. The van der Waals surface area contributed by atoms with Crippen molar-refractivity contribution in [2.24, 2.45) is 0 Å². The molecule has 0 heterocycles. The maximum absolute atomic E-state index is 13.0. The first-order chi connectivity index (χ1) is 13.2. The van der Waals surface area contributed by atoms with Crippen LogP contribution in [0.5, 0.6) is 5.75 Å².